The molecule has 0 spiro atoms. The summed E-state index contributed by atoms with van der Waals surface area (Å²) in [4.78, 5) is 2.50. The smallest absolute Gasteiger partial charge is 0.0543 e. The molecule has 0 saturated heterocycles. The Morgan fingerprint density at radius 1 is 0.393 bits per heavy atom. The Morgan fingerprint density at radius 2 is 0.946 bits per heavy atom. The molecule has 0 N–H and O–H groups in total. The largest absolute Gasteiger partial charge is 0.310 e. The molecule has 0 amide bonds. The van der Waals surface area contributed by atoms with Gasteiger partial charge in [0.25, 0.3) is 0 Å². The Kier molecular flexibility index (Phi) is 6.98. The molecule has 0 radical (unpaired) electrons. The van der Waals surface area contributed by atoms with Gasteiger partial charge < -0.3 is 9.47 Å². The lowest BCUT2D eigenvalue weighted by molar-refractivity contribution is 0.660. The van der Waals surface area contributed by atoms with E-state index in [1.807, 2.05) is 0 Å². The zero-order chi connectivity index (χ0) is 37.8. The third-order valence-electron chi connectivity index (χ3n) is 12.8. The summed E-state index contributed by atoms with van der Waals surface area (Å²) in [6.45, 7) is 9.44. The second-order valence-corrected chi connectivity index (χ2v) is 16.6. The molecule has 1 heterocycles. The molecule has 0 bridgehead atoms. The fourth-order valence-corrected chi connectivity index (χ4v) is 10.0. The third kappa shape index (κ3) is 4.62. The van der Waals surface area contributed by atoms with Gasteiger partial charge in [0.15, 0.2) is 0 Å². The van der Waals surface area contributed by atoms with Crippen LogP contribution in [0.2, 0.25) is 0 Å². The minimum atomic E-state index is -0.103. The fourth-order valence-electron chi connectivity index (χ4n) is 10.0. The van der Waals surface area contributed by atoms with Crippen molar-refractivity contribution in [3.63, 3.8) is 0 Å². The first-order valence-corrected chi connectivity index (χ1v) is 19.8. The Bertz CT molecular complexity index is 2980. The Morgan fingerprint density at radius 3 is 1.68 bits per heavy atom. The van der Waals surface area contributed by atoms with Gasteiger partial charge in [0.05, 0.1) is 16.7 Å². The summed E-state index contributed by atoms with van der Waals surface area (Å²) >= 11 is 0. The van der Waals surface area contributed by atoms with Crippen molar-refractivity contribution in [1.29, 1.82) is 0 Å². The van der Waals surface area contributed by atoms with Crippen molar-refractivity contribution >= 4 is 38.9 Å². The molecule has 0 aliphatic heterocycles. The predicted octanol–water partition coefficient (Wildman–Crippen LogP) is 14.5. The van der Waals surface area contributed by atoms with Crippen LogP contribution in [0.4, 0.5) is 17.1 Å². The minimum Gasteiger partial charge on any atom is -0.310 e. The van der Waals surface area contributed by atoms with Crippen LogP contribution in [0.5, 0.6) is 0 Å². The molecule has 0 saturated carbocycles. The molecule has 2 nitrogen and oxygen atoms in total. The Balaban J connectivity index is 1.08. The second kappa shape index (κ2) is 11.9. The molecular formula is C54H42N2. The number of aromatic nitrogens is 1. The van der Waals surface area contributed by atoms with E-state index in [1.165, 1.54) is 83.1 Å². The summed E-state index contributed by atoms with van der Waals surface area (Å²) in [5.74, 6) is 0. The molecule has 268 valence electrons. The summed E-state index contributed by atoms with van der Waals surface area (Å²) in [5, 5.41) is 2.55. The normalized spacial score (nSPS) is 14.4. The van der Waals surface area contributed by atoms with Crippen molar-refractivity contribution in [2.75, 3.05) is 4.90 Å². The zero-order valence-electron chi connectivity index (χ0n) is 32.2. The maximum atomic E-state index is 2.50. The molecule has 9 aromatic rings. The van der Waals surface area contributed by atoms with E-state index in [2.05, 4.69) is 219 Å². The summed E-state index contributed by atoms with van der Waals surface area (Å²) < 4.78 is 2.38. The van der Waals surface area contributed by atoms with E-state index in [4.69, 9.17) is 0 Å². The van der Waals surface area contributed by atoms with E-state index in [-0.39, 0.29) is 10.8 Å². The quantitative estimate of drug-likeness (QED) is 0.172. The number of fused-ring (bicyclic) bond motifs is 9. The van der Waals surface area contributed by atoms with Gasteiger partial charge in [0, 0.05) is 44.2 Å². The summed E-state index contributed by atoms with van der Waals surface area (Å²) in [6.07, 6.45) is 0. The highest BCUT2D eigenvalue weighted by atomic mass is 15.1. The van der Waals surface area contributed by atoms with Crippen molar-refractivity contribution in [3.05, 3.63) is 204 Å². The molecule has 8 aromatic carbocycles. The molecule has 1 aromatic heterocycles. The van der Waals surface area contributed by atoms with E-state index < -0.39 is 0 Å². The lowest BCUT2D eigenvalue weighted by atomic mass is 9.82. The lowest BCUT2D eigenvalue weighted by Gasteiger charge is -2.30. The number of benzene rings is 8. The van der Waals surface area contributed by atoms with Crippen LogP contribution in [0.15, 0.2) is 182 Å². The Hall–Kier alpha value is -6.64. The minimum absolute atomic E-state index is 0.0580. The maximum absolute atomic E-state index is 2.50. The molecule has 2 heteroatoms. The first-order valence-electron chi connectivity index (χ1n) is 19.8. The van der Waals surface area contributed by atoms with Crippen LogP contribution >= 0.6 is 0 Å². The van der Waals surface area contributed by atoms with Crippen molar-refractivity contribution in [3.8, 4) is 39.1 Å². The number of anilines is 3. The van der Waals surface area contributed by atoms with Crippen molar-refractivity contribution in [1.82, 2.24) is 4.57 Å². The van der Waals surface area contributed by atoms with Crippen LogP contribution in [-0.2, 0) is 10.8 Å². The van der Waals surface area contributed by atoms with Crippen LogP contribution < -0.4 is 4.90 Å². The highest BCUT2D eigenvalue weighted by Crippen LogP contribution is 2.55. The number of para-hydroxylation sites is 2. The summed E-state index contributed by atoms with van der Waals surface area (Å²) in [5.41, 5.74) is 20.1. The molecule has 2 aliphatic rings. The number of hydrogen-bond donors (Lipinski definition) is 0. The maximum Gasteiger partial charge on any atom is 0.0543 e. The summed E-state index contributed by atoms with van der Waals surface area (Å²) in [7, 11) is 0. The molecule has 11 rings (SSSR count). The number of rotatable bonds is 5. The molecule has 2 aliphatic carbocycles. The van der Waals surface area contributed by atoms with Crippen LogP contribution in [0.1, 0.15) is 49.9 Å². The van der Waals surface area contributed by atoms with Crippen LogP contribution in [0.3, 0.4) is 0 Å². The van der Waals surface area contributed by atoms with Crippen molar-refractivity contribution in [2.45, 2.75) is 38.5 Å². The van der Waals surface area contributed by atoms with E-state index in [9.17, 15) is 0 Å². The van der Waals surface area contributed by atoms with Crippen LogP contribution in [0.25, 0.3) is 60.9 Å². The molecule has 0 unspecified atom stereocenters. The van der Waals surface area contributed by atoms with E-state index in [0.717, 1.165) is 17.1 Å². The lowest BCUT2D eigenvalue weighted by Crippen LogP contribution is -2.16. The van der Waals surface area contributed by atoms with Gasteiger partial charge in [-0.15, -0.1) is 0 Å². The van der Waals surface area contributed by atoms with Crippen LogP contribution in [-0.4, -0.2) is 4.57 Å². The van der Waals surface area contributed by atoms with Gasteiger partial charge in [0.1, 0.15) is 0 Å². The fraction of sp³-hybridized carbons (Fsp3) is 0.111. The first-order chi connectivity index (χ1) is 27.3. The number of nitrogens with zero attached hydrogens (tertiary/aromatic N) is 2. The third-order valence-corrected chi connectivity index (χ3v) is 12.8. The van der Waals surface area contributed by atoms with E-state index in [0.29, 0.717) is 0 Å². The zero-order valence-corrected chi connectivity index (χ0v) is 32.2. The summed E-state index contributed by atoms with van der Waals surface area (Å²) in [6, 6.07) is 67.5. The average molecular weight is 719 g/mol. The van der Waals surface area contributed by atoms with E-state index >= 15 is 0 Å². The first kappa shape index (κ1) is 32.8. The monoisotopic (exact) mass is 718 g/mol. The van der Waals surface area contributed by atoms with Gasteiger partial charge in [-0.3, -0.25) is 0 Å². The molecular weight excluding hydrogens is 677 g/mol. The Labute approximate surface area is 328 Å². The standard InChI is InChI=1S/C54H42N2/c1-53(2)45-21-9-5-17-40(45)44-34-39(31-32-47(44)53)55(51-26-14-23-48-52(51)43-20-6-10-22-46(43)54(48,3)4)38-16-13-15-36(33-38)35-27-29-37(30-28-35)56-49-24-11-7-18-41(49)42-19-8-12-25-50(42)56/h5-34H,1-4H3. The van der Waals surface area contributed by atoms with Gasteiger partial charge in [0.2, 0.25) is 0 Å². The van der Waals surface area contributed by atoms with Gasteiger partial charge >= 0.3 is 0 Å². The van der Waals surface area contributed by atoms with Gasteiger partial charge in [-0.05, 0) is 105 Å². The van der Waals surface area contributed by atoms with Crippen molar-refractivity contribution in [2.24, 2.45) is 0 Å². The van der Waals surface area contributed by atoms with Crippen molar-refractivity contribution < 1.29 is 0 Å². The van der Waals surface area contributed by atoms with Gasteiger partial charge in [-0.2, -0.15) is 0 Å². The average Bonchev–Trinajstić information content (AvgIpc) is 3.78. The SMILES string of the molecule is CC1(C)c2ccccc2-c2cc(N(c3cccc(-c4ccc(-n5c6ccccc6c6ccccc65)cc4)c3)c3cccc4c3-c3ccccc3C4(C)C)ccc21. The highest BCUT2D eigenvalue weighted by Gasteiger charge is 2.39. The predicted molar refractivity (Wildman–Crippen MR) is 236 cm³/mol. The molecule has 0 atom stereocenters. The second-order valence-electron chi connectivity index (χ2n) is 16.6. The molecule has 0 fully saturated rings. The molecule has 56 heavy (non-hydrogen) atoms. The van der Waals surface area contributed by atoms with Gasteiger partial charge in [-0.25, -0.2) is 0 Å². The van der Waals surface area contributed by atoms with Crippen LogP contribution in [0, 0.1) is 0 Å². The highest BCUT2D eigenvalue weighted by molar-refractivity contribution is 6.09. The van der Waals surface area contributed by atoms with E-state index in [1.54, 1.807) is 0 Å². The topological polar surface area (TPSA) is 8.17 Å². The van der Waals surface area contributed by atoms with Gasteiger partial charge in [-0.1, -0.05) is 155 Å². The number of hydrogen-bond acceptors (Lipinski definition) is 1.